The molecule has 1 aliphatic heterocycles. The second-order valence-electron chi connectivity index (χ2n) is 3.84. The van der Waals surface area contributed by atoms with Crippen LogP contribution < -0.4 is 5.32 Å². The molecule has 0 saturated carbocycles. The molecule has 0 aromatic heterocycles. The molecule has 1 aliphatic rings. The molecule has 2 N–H and O–H groups in total. The van der Waals surface area contributed by atoms with Crippen molar-refractivity contribution in [2.45, 2.75) is 32.3 Å². The molecule has 0 aliphatic carbocycles. The maximum absolute atomic E-state index is 9.74. The van der Waals surface area contributed by atoms with Gasteiger partial charge in [-0.05, 0) is 38.6 Å². The zero-order valence-corrected chi connectivity index (χ0v) is 7.84. The first kappa shape index (κ1) is 9.75. The van der Waals surface area contributed by atoms with Crippen molar-refractivity contribution in [2.24, 2.45) is 5.92 Å². The van der Waals surface area contributed by atoms with Crippen molar-refractivity contribution in [1.82, 2.24) is 5.32 Å². The van der Waals surface area contributed by atoms with E-state index in [4.69, 9.17) is 0 Å². The lowest BCUT2D eigenvalue weighted by Crippen LogP contribution is -2.36. The van der Waals surface area contributed by atoms with E-state index in [1.54, 1.807) is 0 Å². The van der Waals surface area contributed by atoms with Crippen LogP contribution >= 0.6 is 0 Å². The molecule has 12 heavy (non-hydrogen) atoms. The molecule has 0 bridgehead atoms. The summed E-state index contributed by atoms with van der Waals surface area (Å²) >= 11 is 0. The monoisotopic (exact) mass is 169 g/mol. The van der Waals surface area contributed by atoms with E-state index in [1.807, 2.05) is 6.92 Å². The molecule has 1 heterocycles. The van der Waals surface area contributed by atoms with Gasteiger partial charge in [-0.1, -0.05) is 5.57 Å². The van der Waals surface area contributed by atoms with Gasteiger partial charge in [-0.25, -0.2) is 0 Å². The minimum absolute atomic E-state index is 0.185. The summed E-state index contributed by atoms with van der Waals surface area (Å²) in [5.41, 5.74) is 1.08. The highest BCUT2D eigenvalue weighted by atomic mass is 16.3. The molecule has 1 rings (SSSR count). The molecule has 2 unspecified atom stereocenters. The summed E-state index contributed by atoms with van der Waals surface area (Å²) in [5.74, 6) is 0.440. The van der Waals surface area contributed by atoms with Crippen LogP contribution in [0.15, 0.2) is 12.2 Å². The minimum Gasteiger partial charge on any atom is -0.392 e. The molecule has 0 aromatic rings. The molecule has 2 nitrogen and oxygen atoms in total. The van der Waals surface area contributed by atoms with Gasteiger partial charge in [0.2, 0.25) is 0 Å². The van der Waals surface area contributed by atoms with Crippen LogP contribution in [0.3, 0.4) is 0 Å². The van der Waals surface area contributed by atoms with Gasteiger partial charge in [0.15, 0.2) is 0 Å². The molecule has 1 fully saturated rings. The summed E-state index contributed by atoms with van der Waals surface area (Å²) in [6, 6.07) is 0. The van der Waals surface area contributed by atoms with Crippen molar-refractivity contribution in [3.8, 4) is 0 Å². The molecule has 0 aromatic carbocycles. The molecular weight excluding hydrogens is 150 g/mol. The van der Waals surface area contributed by atoms with Gasteiger partial charge in [0.1, 0.15) is 0 Å². The van der Waals surface area contributed by atoms with Crippen LogP contribution in [0.2, 0.25) is 0 Å². The van der Waals surface area contributed by atoms with Crippen molar-refractivity contribution in [3.63, 3.8) is 0 Å². The van der Waals surface area contributed by atoms with Gasteiger partial charge in [-0.2, -0.15) is 0 Å². The lowest BCUT2D eigenvalue weighted by atomic mass is 9.90. The van der Waals surface area contributed by atoms with Gasteiger partial charge in [0, 0.05) is 6.54 Å². The first-order valence-electron chi connectivity index (χ1n) is 4.73. The van der Waals surface area contributed by atoms with E-state index in [1.165, 1.54) is 6.42 Å². The Morgan fingerprint density at radius 3 is 3.00 bits per heavy atom. The van der Waals surface area contributed by atoms with E-state index >= 15 is 0 Å². The van der Waals surface area contributed by atoms with Crippen molar-refractivity contribution < 1.29 is 5.11 Å². The van der Waals surface area contributed by atoms with Crippen molar-refractivity contribution in [1.29, 1.82) is 0 Å². The lowest BCUT2D eigenvalue weighted by Gasteiger charge is -2.27. The average molecular weight is 169 g/mol. The maximum atomic E-state index is 9.74. The van der Waals surface area contributed by atoms with Gasteiger partial charge in [-0.15, -0.1) is 6.58 Å². The topological polar surface area (TPSA) is 32.3 Å². The second kappa shape index (κ2) is 4.63. The summed E-state index contributed by atoms with van der Waals surface area (Å²) in [4.78, 5) is 0. The summed E-state index contributed by atoms with van der Waals surface area (Å²) < 4.78 is 0. The Bertz CT molecular complexity index is 150. The quantitative estimate of drug-likeness (QED) is 0.624. The summed E-state index contributed by atoms with van der Waals surface area (Å²) in [6.07, 6.45) is 2.92. The summed E-state index contributed by atoms with van der Waals surface area (Å²) in [5, 5.41) is 13.0. The molecule has 0 amide bonds. The van der Waals surface area contributed by atoms with E-state index in [9.17, 15) is 5.11 Å². The fourth-order valence-electron chi connectivity index (χ4n) is 1.73. The van der Waals surface area contributed by atoms with E-state index in [2.05, 4.69) is 11.9 Å². The minimum atomic E-state index is -0.185. The highest BCUT2D eigenvalue weighted by Crippen LogP contribution is 2.18. The third kappa shape index (κ3) is 2.95. The number of hydrogen-bond donors (Lipinski definition) is 2. The number of aliphatic hydroxyl groups excluding tert-OH is 1. The summed E-state index contributed by atoms with van der Waals surface area (Å²) in [7, 11) is 0. The van der Waals surface area contributed by atoms with Crippen LogP contribution in [0.4, 0.5) is 0 Å². The number of piperidine rings is 1. The zero-order valence-electron chi connectivity index (χ0n) is 7.84. The van der Waals surface area contributed by atoms with Crippen LogP contribution in [-0.2, 0) is 0 Å². The average Bonchev–Trinajstić information content (AvgIpc) is 2.05. The standard InChI is InChI=1S/C10H19NO/c1-8(2)6-10(12)9-4-3-5-11-7-9/h9-12H,1,3-7H2,2H3. The van der Waals surface area contributed by atoms with Crippen LogP contribution in [-0.4, -0.2) is 24.3 Å². The smallest absolute Gasteiger partial charge is 0.0617 e. The molecule has 70 valence electrons. The molecule has 2 atom stereocenters. The normalized spacial score (nSPS) is 26.7. The Hall–Kier alpha value is -0.340. The predicted octanol–water partition coefficient (Wildman–Crippen LogP) is 1.31. The van der Waals surface area contributed by atoms with Crippen molar-refractivity contribution in [3.05, 3.63) is 12.2 Å². The Labute approximate surface area is 74.7 Å². The van der Waals surface area contributed by atoms with Crippen LogP contribution in [0.25, 0.3) is 0 Å². The number of nitrogens with one attached hydrogen (secondary N) is 1. The van der Waals surface area contributed by atoms with Gasteiger partial charge in [0.05, 0.1) is 6.10 Å². The number of hydrogen-bond acceptors (Lipinski definition) is 2. The SMILES string of the molecule is C=C(C)CC(O)C1CCCNC1. The maximum Gasteiger partial charge on any atom is 0.0617 e. The predicted molar refractivity (Wildman–Crippen MR) is 51.0 cm³/mol. The zero-order chi connectivity index (χ0) is 8.97. The molecule has 2 heteroatoms. The fraction of sp³-hybridized carbons (Fsp3) is 0.800. The van der Waals surface area contributed by atoms with Crippen LogP contribution in [0, 0.1) is 5.92 Å². The lowest BCUT2D eigenvalue weighted by molar-refractivity contribution is 0.0923. The van der Waals surface area contributed by atoms with Crippen molar-refractivity contribution >= 4 is 0 Å². The van der Waals surface area contributed by atoms with Gasteiger partial charge in [-0.3, -0.25) is 0 Å². The summed E-state index contributed by atoms with van der Waals surface area (Å²) in [6.45, 7) is 7.86. The molecule has 0 spiro atoms. The highest BCUT2D eigenvalue weighted by Gasteiger charge is 2.20. The second-order valence-corrected chi connectivity index (χ2v) is 3.84. The highest BCUT2D eigenvalue weighted by molar-refractivity contribution is 4.93. The molecule has 1 saturated heterocycles. The largest absolute Gasteiger partial charge is 0.392 e. The number of aliphatic hydroxyl groups is 1. The third-order valence-electron chi connectivity index (χ3n) is 2.44. The van der Waals surface area contributed by atoms with Crippen LogP contribution in [0.1, 0.15) is 26.2 Å². The van der Waals surface area contributed by atoms with Crippen LogP contribution in [0.5, 0.6) is 0 Å². The van der Waals surface area contributed by atoms with E-state index in [0.717, 1.165) is 31.5 Å². The van der Waals surface area contributed by atoms with E-state index in [0.29, 0.717) is 5.92 Å². The van der Waals surface area contributed by atoms with E-state index < -0.39 is 0 Å². The van der Waals surface area contributed by atoms with Gasteiger partial charge in [0.25, 0.3) is 0 Å². The Morgan fingerprint density at radius 1 is 1.75 bits per heavy atom. The third-order valence-corrected chi connectivity index (χ3v) is 2.44. The van der Waals surface area contributed by atoms with Crippen molar-refractivity contribution in [2.75, 3.05) is 13.1 Å². The molecular formula is C10H19NO. The fourth-order valence-corrected chi connectivity index (χ4v) is 1.73. The Morgan fingerprint density at radius 2 is 2.50 bits per heavy atom. The van der Waals surface area contributed by atoms with E-state index in [-0.39, 0.29) is 6.10 Å². The first-order chi connectivity index (χ1) is 5.70. The van der Waals surface area contributed by atoms with Gasteiger partial charge >= 0.3 is 0 Å². The number of rotatable bonds is 3. The molecule has 0 radical (unpaired) electrons. The van der Waals surface area contributed by atoms with Gasteiger partial charge < -0.3 is 10.4 Å². The Kier molecular flexibility index (Phi) is 3.76. The Balaban J connectivity index is 2.29. The first-order valence-corrected chi connectivity index (χ1v) is 4.73.